The first-order valence-electron chi connectivity index (χ1n) is 17.1. The molecule has 1 aliphatic heterocycles. The molecule has 53 heavy (non-hydrogen) atoms. The molecular weight excluding hydrogens is 749 g/mol. The molecular formula is C44H31BrFN3O3S. The molecule has 0 aliphatic carbocycles. The minimum atomic E-state index is -0.913. The summed E-state index contributed by atoms with van der Waals surface area (Å²) < 4.78 is 25.0. The standard InChI is InChI=1S/C44H31BrFN3O3S/c1-2-52-43(51)38-39(29-14-8-4-9-15-29)47-44-49(41(38)31-18-22-34(46)23-19-31)42(50)37(53-44)27-32-26-36(28-12-6-3-7-13-28)48(35-24-20-33(45)21-25-35)40(32)30-16-10-5-11-17-30/h3-27,41H,2H2,1H3/b37-27-/t41-/m1/s1. The van der Waals surface area contributed by atoms with Gasteiger partial charge in [0.15, 0.2) is 4.80 Å². The molecule has 0 unspecified atom stereocenters. The van der Waals surface area contributed by atoms with Crippen LogP contribution < -0.4 is 14.9 Å². The number of hydrogen-bond donors (Lipinski definition) is 0. The van der Waals surface area contributed by atoms with Crippen LogP contribution in [0.15, 0.2) is 165 Å². The molecule has 0 radical (unpaired) electrons. The highest BCUT2D eigenvalue weighted by Gasteiger charge is 2.35. The van der Waals surface area contributed by atoms with Crippen LogP contribution in [0.25, 0.3) is 40.0 Å². The van der Waals surface area contributed by atoms with Crippen LogP contribution >= 0.6 is 27.3 Å². The van der Waals surface area contributed by atoms with Gasteiger partial charge in [0.2, 0.25) is 0 Å². The number of nitrogens with zero attached hydrogens (tertiary/aromatic N) is 3. The Bertz CT molecular complexity index is 2670. The summed E-state index contributed by atoms with van der Waals surface area (Å²) in [5, 5.41) is 0. The molecule has 8 rings (SSSR count). The fourth-order valence-electron chi connectivity index (χ4n) is 6.75. The van der Waals surface area contributed by atoms with E-state index < -0.39 is 17.8 Å². The summed E-state index contributed by atoms with van der Waals surface area (Å²) in [6.07, 6.45) is 1.91. The third kappa shape index (κ3) is 6.54. The number of carbonyl (C=O) groups excluding carboxylic acids is 1. The van der Waals surface area contributed by atoms with Gasteiger partial charge in [0.1, 0.15) is 5.82 Å². The molecule has 0 fully saturated rings. The smallest absolute Gasteiger partial charge is 0.338 e. The Kier molecular flexibility index (Phi) is 9.43. The first-order chi connectivity index (χ1) is 25.9. The molecule has 0 bridgehead atoms. The molecule has 6 nitrogen and oxygen atoms in total. The van der Waals surface area contributed by atoms with Crippen LogP contribution in [-0.2, 0) is 9.53 Å². The second-order valence-corrected chi connectivity index (χ2v) is 14.3. The monoisotopic (exact) mass is 779 g/mol. The van der Waals surface area contributed by atoms with E-state index in [9.17, 15) is 14.0 Å². The van der Waals surface area contributed by atoms with E-state index in [0.29, 0.717) is 26.2 Å². The molecule has 0 saturated carbocycles. The molecule has 9 heteroatoms. The largest absolute Gasteiger partial charge is 0.463 e. The molecule has 0 spiro atoms. The molecule has 3 heterocycles. The summed E-state index contributed by atoms with van der Waals surface area (Å²) in [6, 6.07) is 44.8. The number of esters is 1. The summed E-state index contributed by atoms with van der Waals surface area (Å²) in [5.41, 5.74) is 7.17. The lowest BCUT2D eigenvalue weighted by atomic mass is 9.93. The molecule has 7 aromatic rings. The van der Waals surface area contributed by atoms with Gasteiger partial charge in [-0.2, -0.15) is 0 Å². The van der Waals surface area contributed by atoms with Gasteiger partial charge in [0, 0.05) is 21.3 Å². The fourth-order valence-corrected chi connectivity index (χ4v) is 8.01. The van der Waals surface area contributed by atoms with Crippen molar-refractivity contribution >= 4 is 45.0 Å². The zero-order valence-electron chi connectivity index (χ0n) is 28.4. The average Bonchev–Trinajstić information content (AvgIpc) is 3.72. The van der Waals surface area contributed by atoms with E-state index in [2.05, 4.69) is 63.0 Å². The molecule has 1 aliphatic rings. The Labute approximate surface area is 317 Å². The number of thiazole rings is 1. The number of fused-ring (bicyclic) bond motifs is 1. The highest BCUT2D eigenvalue weighted by atomic mass is 79.9. The van der Waals surface area contributed by atoms with Gasteiger partial charge in [-0.3, -0.25) is 9.36 Å². The van der Waals surface area contributed by atoms with Crippen molar-refractivity contribution < 1.29 is 13.9 Å². The lowest BCUT2D eigenvalue weighted by molar-refractivity contribution is -0.138. The second-order valence-electron chi connectivity index (χ2n) is 12.4. The lowest BCUT2D eigenvalue weighted by Crippen LogP contribution is -2.40. The predicted molar refractivity (Wildman–Crippen MR) is 212 cm³/mol. The summed E-state index contributed by atoms with van der Waals surface area (Å²) in [4.78, 5) is 34.0. The van der Waals surface area contributed by atoms with Crippen molar-refractivity contribution in [3.05, 3.63) is 198 Å². The number of halogens is 2. The van der Waals surface area contributed by atoms with Crippen LogP contribution in [0.5, 0.6) is 0 Å². The number of benzene rings is 5. The Balaban J connectivity index is 1.43. The first-order valence-corrected chi connectivity index (χ1v) is 18.7. The number of ether oxygens (including phenoxy) is 1. The van der Waals surface area contributed by atoms with Gasteiger partial charge >= 0.3 is 5.97 Å². The van der Waals surface area contributed by atoms with Crippen molar-refractivity contribution in [1.82, 2.24) is 9.13 Å². The maximum absolute atomic E-state index is 14.8. The number of hydrogen-bond acceptors (Lipinski definition) is 5. The average molecular weight is 781 g/mol. The van der Waals surface area contributed by atoms with Crippen molar-refractivity contribution in [2.24, 2.45) is 4.99 Å². The fraction of sp³-hybridized carbons (Fsp3) is 0.0682. The van der Waals surface area contributed by atoms with Crippen molar-refractivity contribution in [2.45, 2.75) is 13.0 Å². The van der Waals surface area contributed by atoms with E-state index in [1.807, 2.05) is 84.9 Å². The maximum atomic E-state index is 14.8. The van der Waals surface area contributed by atoms with Crippen LogP contribution in [0.4, 0.5) is 4.39 Å². The molecule has 260 valence electrons. The van der Waals surface area contributed by atoms with E-state index in [0.717, 1.165) is 38.2 Å². The topological polar surface area (TPSA) is 65.6 Å². The Morgan fingerprint density at radius 2 is 1.43 bits per heavy atom. The SMILES string of the molecule is CCOC(=O)C1=C(c2ccccc2)N=c2s/c(=C\c3cc(-c4ccccc4)n(-c4ccc(Br)cc4)c3-c3ccccc3)c(=O)n2[C@@H]1c1ccc(F)cc1. The number of carbonyl (C=O) groups is 1. The normalized spacial score (nSPS) is 14.2. The number of rotatable bonds is 8. The zero-order valence-corrected chi connectivity index (χ0v) is 30.9. The Morgan fingerprint density at radius 3 is 2.06 bits per heavy atom. The highest BCUT2D eigenvalue weighted by molar-refractivity contribution is 9.10. The zero-order chi connectivity index (χ0) is 36.5. The van der Waals surface area contributed by atoms with Crippen molar-refractivity contribution in [3.63, 3.8) is 0 Å². The first kappa shape index (κ1) is 34.2. The molecule has 1 atom stereocenters. The molecule has 0 amide bonds. The van der Waals surface area contributed by atoms with Gasteiger partial charge in [-0.05, 0) is 72.2 Å². The van der Waals surface area contributed by atoms with E-state index in [-0.39, 0.29) is 17.7 Å². The van der Waals surface area contributed by atoms with E-state index in [1.54, 1.807) is 19.1 Å². The van der Waals surface area contributed by atoms with Gasteiger partial charge in [-0.15, -0.1) is 0 Å². The highest BCUT2D eigenvalue weighted by Crippen LogP contribution is 2.38. The third-order valence-electron chi connectivity index (χ3n) is 9.08. The maximum Gasteiger partial charge on any atom is 0.338 e. The van der Waals surface area contributed by atoms with E-state index >= 15 is 0 Å². The van der Waals surface area contributed by atoms with Gasteiger partial charge in [0.25, 0.3) is 5.56 Å². The minimum absolute atomic E-state index is 0.131. The van der Waals surface area contributed by atoms with Crippen LogP contribution in [-0.4, -0.2) is 21.7 Å². The van der Waals surface area contributed by atoms with Gasteiger partial charge in [-0.1, -0.05) is 130 Å². The summed E-state index contributed by atoms with van der Waals surface area (Å²) in [7, 11) is 0. The summed E-state index contributed by atoms with van der Waals surface area (Å²) >= 11 is 4.83. The Morgan fingerprint density at radius 1 is 0.830 bits per heavy atom. The third-order valence-corrected chi connectivity index (χ3v) is 10.6. The van der Waals surface area contributed by atoms with Gasteiger partial charge in [-0.25, -0.2) is 14.2 Å². The van der Waals surface area contributed by atoms with Crippen LogP contribution in [0, 0.1) is 5.82 Å². The quantitative estimate of drug-likeness (QED) is 0.145. The molecule has 0 saturated heterocycles. The van der Waals surface area contributed by atoms with Crippen molar-refractivity contribution in [3.8, 4) is 28.2 Å². The van der Waals surface area contributed by atoms with E-state index in [1.165, 1.54) is 28.0 Å². The van der Waals surface area contributed by atoms with Gasteiger partial charge in [0.05, 0.1) is 39.8 Å². The van der Waals surface area contributed by atoms with Gasteiger partial charge < -0.3 is 9.30 Å². The lowest BCUT2D eigenvalue weighted by Gasteiger charge is -2.25. The predicted octanol–water partition coefficient (Wildman–Crippen LogP) is 8.96. The van der Waals surface area contributed by atoms with Crippen LogP contribution in [0.2, 0.25) is 0 Å². The second kappa shape index (κ2) is 14.6. The summed E-state index contributed by atoms with van der Waals surface area (Å²) in [6.45, 7) is 1.86. The van der Waals surface area contributed by atoms with E-state index in [4.69, 9.17) is 9.73 Å². The molecule has 5 aromatic carbocycles. The summed E-state index contributed by atoms with van der Waals surface area (Å²) in [5.74, 6) is -1.02. The number of aromatic nitrogens is 2. The Hall–Kier alpha value is -5.90. The van der Waals surface area contributed by atoms with Crippen molar-refractivity contribution in [2.75, 3.05) is 6.61 Å². The molecule has 2 aromatic heterocycles. The van der Waals surface area contributed by atoms with Crippen LogP contribution in [0.3, 0.4) is 0 Å². The molecule has 0 N–H and O–H groups in total. The minimum Gasteiger partial charge on any atom is -0.463 e. The van der Waals surface area contributed by atoms with Crippen molar-refractivity contribution in [1.29, 1.82) is 0 Å². The van der Waals surface area contributed by atoms with Crippen LogP contribution in [0.1, 0.15) is 29.7 Å².